The van der Waals surface area contributed by atoms with Crippen molar-refractivity contribution in [1.29, 1.82) is 0 Å². The molecule has 5 nitrogen and oxygen atoms in total. The first-order chi connectivity index (χ1) is 9.56. The molecule has 1 aromatic heterocycles. The van der Waals surface area contributed by atoms with Crippen molar-refractivity contribution in [2.24, 2.45) is 0 Å². The van der Waals surface area contributed by atoms with E-state index in [4.69, 9.17) is 9.52 Å². The van der Waals surface area contributed by atoms with Crippen LogP contribution in [0.5, 0.6) is 0 Å². The Balaban J connectivity index is 1.94. The highest BCUT2D eigenvalue weighted by molar-refractivity contribution is 7.99. The summed E-state index contributed by atoms with van der Waals surface area (Å²) in [5.41, 5.74) is 1.72. The predicted octanol–water partition coefficient (Wildman–Crippen LogP) is 2.34. The highest BCUT2D eigenvalue weighted by atomic mass is 32.2. The van der Waals surface area contributed by atoms with E-state index in [0.717, 1.165) is 10.9 Å². The highest BCUT2D eigenvalue weighted by Crippen LogP contribution is 2.26. The first-order valence-electron chi connectivity index (χ1n) is 6.18. The number of aliphatic carboxylic acids is 1. The zero-order valence-electron chi connectivity index (χ0n) is 10.8. The van der Waals surface area contributed by atoms with E-state index in [2.05, 4.69) is 0 Å². The number of amides is 1. The van der Waals surface area contributed by atoms with Crippen LogP contribution in [0.25, 0.3) is 11.0 Å². The van der Waals surface area contributed by atoms with Crippen LogP contribution in [0.2, 0.25) is 0 Å². The maximum absolute atomic E-state index is 12.4. The van der Waals surface area contributed by atoms with E-state index in [1.54, 1.807) is 6.07 Å². The zero-order valence-corrected chi connectivity index (χ0v) is 11.6. The van der Waals surface area contributed by atoms with Gasteiger partial charge in [-0.05, 0) is 25.1 Å². The van der Waals surface area contributed by atoms with Crippen molar-refractivity contribution in [3.8, 4) is 0 Å². The molecule has 1 atom stereocenters. The molecule has 2 aromatic rings. The summed E-state index contributed by atoms with van der Waals surface area (Å²) in [7, 11) is 0. The van der Waals surface area contributed by atoms with Crippen LogP contribution in [0.3, 0.4) is 0 Å². The summed E-state index contributed by atoms with van der Waals surface area (Å²) in [6, 6.07) is 6.55. The minimum absolute atomic E-state index is 0.194. The molecule has 1 saturated heterocycles. The molecular formula is C14H13NO4S. The molecule has 1 amide bonds. The zero-order chi connectivity index (χ0) is 14.3. The Bertz CT molecular complexity index is 694. The lowest BCUT2D eigenvalue weighted by atomic mass is 10.2. The molecule has 0 unspecified atom stereocenters. The number of furan rings is 1. The molecule has 1 aromatic carbocycles. The summed E-state index contributed by atoms with van der Waals surface area (Å²) in [4.78, 5) is 24.8. The van der Waals surface area contributed by atoms with Crippen molar-refractivity contribution < 1.29 is 19.1 Å². The fourth-order valence-corrected chi connectivity index (χ4v) is 3.40. The summed E-state index contributed by atoms with van der Waals surface area (Å²) >= 11 is 1.43. The van der Waals surface area contributed by atoms with E-state index < -0.39 is 12.0 Å². The second-order valence-corrected chi connectivity index (χ2v) is 5.78. The number of carboxylic acids is 1. The molecule has 1 aliphatic heterocycles. The quantitative estimate of drug-likeness (QED) is 0.919. The molecule has 0 spiro atoms. The Labute approximate surface area is 119 Å². The van der Waals surface area contributed by atoms with Crippen LogP contribution < -0.4 is 0 Å². The topological polar surface area (TPSA) is 70.8 Å². The van der Waals surface area contributed by atoms with Gasteiger partial charge in [0.1, 0.15) is 11.6 Å². The van der Waals surface area contributed by atoms with E-state index in [-0.39, 0.29) is 11.7 Å². The number of carbonyl (C=O) groups excluding carboxylic acids is 1. The molecule has 1 fully saturated rings. The lowest BCUT2D eigenvalue weighted by Gasteiger charge is -2.18. The largest absolute Gasteiger partial charge is 0.480 e. The first-order valence-corrected chi connectivity index (χ1v) is 7.33. The number of fused-ring (bicyclic) bond motifs is 1. The van der Waals surface area contributed by atoms with Crippen molar-refractivity contribution in [2.45, 2.75) is 13.0 Å². The molecule has 1 aliphatic rings. The van der Waals surface area contributed by atoms with Crippen LogP contribution in [-0.4, -0.2) is 39.6 Å². The number of nitrogens with zero attached hydrogens (tertiary/aromatic N) is 1. The number of benzene rings is 1. The second-order valence-electron chi connectivity index (χ2n) is 4.78. The third-order valence-electron chi connectivity index (χ3n) is 3.31. The number of hydrogen-bond acceptors (Lipinski definition) is 4. The summed E-state index contributed by atoms with van der Waals surface area (Å²) in [6.07, 6.45) is 0. The van der Waals surface area contributed by atoms with Gasteiger partial charge in [-0.15, -0.1) is 11.8 Å². The molecule has 3 rings (SSSR count). The van der Waals surface area contributed by atoms with Gasteiger partial charge in [0.05, 0.1) is 5.88 Å². The van der Waals surface area contributed by atoms with E-state index >= 15 is 0 Å². The maximum Gasteiger partial charge on any atom is 0.327 e. The van der Waals surface area contributed by atoms with E-state index in [1.807, 2.05) is 25.1 Å². The van der Waals surface area contributed by atoms with Crippen LogP contribution in [0.4, 0.5) is 0 Å². The Morgan fingerprint density at radius 1 is 1.40 bits per heavy atom. The molecule has 0 saturated carbocycles. The SMILES string of the molecule is Cc1ccc2oc(C(=O)N3CSC[C@H]3C(=O)O)cc2c1. The Hall–Kier alpha value is -1.95. The van der Waals surface area contributed by atoms with E-state index in [9.17, 15) is 9.59 Å². The number of hydrogen-bond donors (Lipinski definition) is 1. The second kappa shape index (κ2) is 4.86. The van der Waals surface area contributed by atoms with Crippen LogP contribution in [-0.2, 0) is 4.79 Å². The van der Waals surface area contributed by atoms with Crippen molar-refractivity contribution in [1.82, 2.24) is 4.90 Å². The third kappa shape index (κ3) is 2.16. The third-order valence-corrected chi connectivity index (χ3v) is 4.32. The van der Waals surface area contributed by atoms with E-state index in [0.29, 0.717) is 17.2 Å². The molecule has 0 aliphatic carbocycles. The van der Waals surface area contributed by atoms with Crippen molar-refractivity contribution in [3.63, 3.8) is 0 Å². The average molecular weight is 291 g/mol. The van der Waals surface area contributed by atoms with Crippen LogP contribution >= 0.6 is 11.8 Å². The van der Waals surface area contributed by atoms with Crippen LogP contribution in [0.1, 0.15) is 16.1 Å². The highest BCUT2D eigenvalue weighted by Gasteiger charge is 2.36. The van der Waals surface area contributed by atoms with Gasteiger partial charge in [0.25, 0.3) is 5.91 Å². The monoisotopic (exact) mass is 291 g/mol. The first kappa shape index (κ1) is 13.1. The molecule has 0 radical (unpaired) electrons. The summed E-state index contributed by atoms with van der Waals surface area (Å²) in [5, 5.41) is 9.97. The van der Waals surface area contributed by atoms with Gasteiger partial charge in [0.2, 0.25) is 0 Å². The fourth-order valence-electron chi connectivity index (χ4n) is 2.26. The standard InChI is InChI=1S/C14H13NO4S/c1-8-2-3-11-9(4-8)5-12(19-11)13(16)15-7-20-6-10(15)14(17)18/h2-5,10H,6-7H2,1H3,(H,17,18)/t10-/m0/s1. The lowest BCUT2D eigenvalue weighted by molar-refractivity contribution is -0.140. The number of carbonyl (C=O) groups is 2. The minimum atomic E-state index is -0.977. The van der Waals surface area contributed by atoms with Gasteiger partial charge < -0.3 is 14.4 Å². The van der Waals surface area contributed by atoms with Gasteiger partial charge in [-0.3, -0.25) is 4.79 Å². The minimum Gasteiger partial charge on any atom is -0.480 e. The van der Waals surface area contributed by atoms with Gasteiger partial charge in [-0.1, -0.05) is 11.6 Å². The summed E-state index contributed by atoms with van der Waals surface area (Å²) in [5.74, 6) is -0.349. The van der Waals surface area contributed by atoms with Crippen molar-refractivity contribution in [3.05, 3.63) is 35.6 Å². The summed E-state index contributed by atoms with van der Waals surface area (Å²) < 4.78 is 5.53. The van der Waals surface area contributed by atoms with Crippen molar-refractivity contribution in [2.75, 3.05) is 11.6 Å². The number of aryl methyl sites for hydroxylation is 1. The summed E-state index contributed by atoms with van der Waals surface area (Å²) in [6.45, 7) is 1.96. The molecule has 20 heavy (non-hydrogen) atoms. The molecular weight excluding hydrogens is 278 g/mol. The maximum atomic E-state index is 12.4. The van der Waals surface area contributed by atoms with Gasteiger partial charge >= 0.3 is 5.97 Å². The predicted molar refractivity (Wildman–Crippen MR) is 75.9 cm³/mol. The van der Waals surface area contributed by atoms with Gasteiger partial charge in [-0.25, -0.2) is 4.79 Å². The Morgan fingerprint density at radius 2 is 2.20 bits per heavy atom. The number of carboxylic acid groups (broad SMARTS) is 1. The molecule has 104 valence electrons. The fraction of sp³-hybridized carbons (Fsp3) is 0.286. The number of rotatable bonds is 2. The Kier molecular flexibility index (Phi) is 3.17. The number of thioether (sulfide) groups is 1. The van der Waals surface area contributed by atoms with Crippen LogP contribution in [0, 0.1) is 6.92 Å². The van der Waals surface area contributed by atoms with Crippen LogP contribution in [0.15, 0.2) is 28.7 Å². The average Bonchev–Trinajstić information content (AvgIpc) is 3.03. The molecule has 1 N–H and O–H groups in total. The van der Waals surface area contributed by atoms with Gasteiger partial charge in [-0.2, -0.15) is 0 Å². The molecule has 2 heterocycles. The molecule has 6 heteroatoms. The smallest absolute Gasteiger partial charge is 0.327 e. The van der Waals surface area contributed by atoms with Gasteiger partial charge in [0, 0.05) is 11.1 Å². The normalized spacial score (nSPS) is 18.6. The van der Waals surface area contributed by atoms with E-state index in [1.165, 1.54) is 16.7 Å². The van der Waals surface area contributed by atoms with Crippen molar-refractivity contribution >= 4 is 34.6 Å². The lowest BCUT2D eigenvalue weighted by Crippen LogP contribution is -2.41. The Morgan fingerprint density at radius 3 is 2.95 bits per heavy atom. The molecule has 0 bridgehead atoms. The van der Waals surface area contributed by atoms with Gasteiger partial charge in [0.15, 0.2) is 5.76 Å².